The minimum Gasteiger partial charge on any atom is -0.463 e. The number of unbranched alkanes of at least 4 members (excludes halogenated alkanes) is 33. The molecule has 0 aliphatic rings. The van der Waals surface area contributed by atoms with Crippen molar-refractivity contribution in [3.8, 4) is 0 Å². The van der Waals surface area contributed by atoms with Crippen LogP contribution in [0.5, 0.6) is 0 Å². The molecule has 0 bridgehead atoms. The van der Waals surface area contributed by atoms with E-state index >= 15 is 0 Å². The average molecular weight is 1430 g/mol. The maximum atomic E-state index is 12.9. The molecule has 0 amide bonds. The molecule has 18 heteroatoms. The number of carbonyl (C=O) groups excluding carboxylic acids is 3. The van der Waals surface area contributed by atoms with Gasteiger partial charge in [0.25, 0.3) is 0 Å². The van der Waals surface area contributed by atoms with Crippen molar-refractivity contribution in [2.45, 2.75) is 347 Å². The molecule has 0 aliphatic heterocycles. The van der Waals surface area contributed by atoms with E-state index in [1.165, 1.54) is 122 Å². The number of phosphoric ester groups is 2. The van der Waals surface area contributed by atoms with Crippen molar-refractivity contribution in [3.05, 3.63) is 109 Å². The Labute approximate surface area is 602 Å². The minimum atomic E-state index is -4.93. The molecule has 0 rings (SSSR count). The minimum absolute atomic E-state index is 0.104. The maximum absolute atomic E-state index is 12.9. The second kappa shape index (κ2) is 73.9. The number of aliphatic hydroxyl groups is 2. The zero-order valence-corrected chi connectivity index (χ0v) is 64.2. The topological polar surface area (TPSA) is 231 Å². The highest BCUT2D eigenvalue weighted by atomic mass is 31.2. The van der Waals surface area contributed by atoms with Crippen LogP contribution in [0.3, 0.4) is 0 Å². The number of allylic oxidation sites excluding steroid dienone is 18. The van der Waals surface area contributed by atoms with Crippen LogP contribution in [-0.2, 0) is 55.8 Å². The Morgan fingerprint density at radius 3 is 0.869 bits per heavy atom. The SMILES string of the molecule is CC/C=C\C/C=C\C/C=C\C/C=C\C/C=C\CCCCCCCCCCCCCCCC(=O)OCC(O)COP(=O)(O)OCC(O)COP(=O)(O)OCC(COC(=O)CCCCCCCCC/C=C\C/C=C\C/C=C\C/C=C\CCCCC)OC(=O)CCCCCCCCCCCCC. The van der Waals surface area contributed by atoms with E-state index in [4.69, 9.17) is 32.3 Å². The molecule has 0 saturated heterocycles. The number of hydrogen-bond acceptors (Lipinski definition) is 14. The summed E-state index contributed by atoms with van der Waals surface area (Å²) in [6.07, 6.45) is 85.7. The quantitative estimate of drug-likeness (QED) is 0.0146. The molecule has 0 saturated carbocycles. The van der Waals surface area contributed by atoms with E-state index in [0.29, 0.717) is 19.3 Å². The molecule has 5 atom stereocenters. The molecule has 0 aromatic rings. The molecule has 0 spiro atoms. The molecular formula is C81H142O16P2. The fourth-order valence-electron chi connectivity index (χ4n) is 10.5. The predicted molar refractivity (Wildman–Crippen MR) is 408 cm³/mol. The summed E-state index contributed by atoms with van der Waals surface area (Å²) in [4.78, 5) is 58.5. The van der Waals surface area contributed by atoms with Gasteiger partial charge in [0, 0.05) is 19.3 Å². The monoisotopic (exact) mass is 1430 g/mol. The van der Waals surface area contributed by atoms with Gasteiger partial charge < -0.3 is 34.2 Å². The van der Waals surface area contributed by atoms with Crippen molar-refractivity contribution >= 4 is 33.6 Å². The second-order valence-corrected chi connectivity index (χ2v) is 29.0. The number of esters is 3. The molecule has 0 aliphatic carbocycles. The van der Waals surface area contributed by atoms with Crippen LogP contribution in [0.1, 0.15) is 329 Å². The summed E-state index contributed by atoms with van der Waals surface area (Å²) in [7, 11) is -9.78. The molecule has 0 heterocycles. The largest absolute Gasteiger partial charge is 0.472 e. The Morgan fingerprint density at radius 1 is 0.293 bits per heavy atom. The number of hydrogen-bond donors (Lipinski definition) is 4. The summed E-state index contributed by atoms with van der Waals surface area (Å²) in [5.41, 5.74) is 0. The fourth-order valence-corrected chi connectivity index (χ4v) is 12.1. The molecule has 0 fully saturated rings. The fraction of sp³-hybridized carbons (Fsp3) is 0.741. The van der Waals surface area contributed by atoms with Crippen molar-refractivity contribution in [2.75, 3.05) is 39.6 Å². The highest BCUT2D eigenvalue weighted by molar-refractivity contribution is 7.47. The van der Waals surface area contributed by atoms with Gasteiger partial charge in [0.1, 0.15) is 25.4 Å². The molecule has 0 radical (unpaired) electrons. The van der Waals surface area contributed by atoms with E-state index < -0.39 is 91.5 Å². The van der Waals surface area contributed by atoms with E-state index in [1.807, 2.05) is 0 Å². The lowest BCUT2D eigenvalue weighted by molar-refractivity contribution is -0.161. The molecule has 4 N–H and O–H groups in total. The third-order valence-corrected chi connectivity index (χ3v) is 18.4. The van der Waals surface area contributed by atoms with Gasteiger partial charge in [-0.25, -0.2) is 9.13 Å². The van der Waals surface area contributed by atoms with Gasteiger partial charge in [0.2, 0.25) is 0 Å². The number of rotatable bonds is 74. The van der Waals surface area contributed by atoms with E-state index in [9.17, 15) is 43.5 Å². The van der Waals surface area contributed by atoms with Gasteiger partial charge in [-0.2, -0.15) is 0 Å². The van der Waals surface area contributed by atoms with E-state index in [0.717, 1.165) is 148 Å². The molecule has 99 heavy (non-hydrogen) atoms. The highest BCUT2D eigenvalue weighted by Crippen LogP contribution is 2.45. The standard InChI is InChI=1S/C81H142O16P2/c1-4-7-10-13-16-19-22-24-26-28-30-32-34-35-36-37-38-39-41-43-44-46-48-50-53-55-58-61-64-67-79(84)91-70-76(82)71-93-98(87,88)94-72-77(83)73-95-99(89,90)96-75-78(97-81(86)69-66-63-60-57-52-21-18-15-12-9-6-3)74-92-80(85)68-65-62-59-56-54-51-49-47-45-42-40-33-31-29-27-25-23-20-17-14-11-8-5-2/h7,10,16-17,19-20,24-27,30-33,35-36,42,45,76-78,82-83H,4-6,8-9,11-15,18,21-23,28-29,34,37-41,43-44,46-75H2,1-3H3,(H,87,88)(H,89,90)/b10-7-,19-16-,20-17-,26-24-,27-25-,32-30-,33-31-,36-35-,45-42-. The Morgan fingerprint density at radius 2 is 0.535 bits per heavy atom. The molecule has 16 nitrogen and oxygen atoms in total. The van der Waals surface area contributed by atoms with Gasteiger partial charge in [0.05, 0.1) is 26.4 Å². The molecule has 5 unspecified atom stereocenters. The predicted octanol–water partition coefficient (Wildman–Crippen LogP) is 22.8. The van der Waals surface area contributed by atoms with E-state index in [1.54, 1.807) is 0 Å². The van der Waals surface area contributed by atoms with Crippen LogP contribution in [0.15, 0.2) is 109 Å². The summed E-state index contributed by atoms with van der Waals surface area (Å²) in [5, 5.41) is 20.6. The number of ether oxygens (including phenoxy) is 3. The van der Waals surface area contributed by atoms with Crippen LogP contribution < -0.4 is 0 Å². The number of carbonyl (C=O) groups is 3. The highest BCUT2D eigenvalue weighted by Gasteiger charge is 2.29. The Balaban J connectivity index is 4.45. The summed E-state index contributed by atoms with van der Waals surface area (Å²) in [6, 6.07) is 0. The van der Waals surface area contributed by atoms with Crippen LogP contribution in [0.4, 0.5) is 0 Å². The van der Waals surface area contributed by atoms with Gasteiger partial charge in [-0.05, 0) is 109 Å². The normalized spacial score (nSPS) is 14.6. The van der Waals surface area contributed by atoms with Gasteiger partial charge in [0.15, 0.2) is 6.10 Å². The van der Waals surface area contributed by atoms with E-state index in [2.05, 4.69) is 130 Å². The average Bonchev–Trinajstić information content (AvgIpc) is 1.26. The first-order valence-corrected chi connectivity index (χ1v) is 42.2. The number of aliphatic hydroxyl groups excluding tert-OH is 2. The Bertz CT molecular complexity index is 2240. The van der Waals surface area contributed by atoms with Crippen molar-refractivity contribution in [1.82, 2.24) is 0 Å². The molecular weight excluding hydrogens is 1290 g/mol. The summed E-state index contributed by atoms with van der Waals surface area (Å²) < 4.78 is 61.1. The van der Waals surface area contributed by atoms with Gasteiger partial charge in [-0.1, -0.05) is 310 Å². The van der Waals surface area contributed by atoms with Crippen molar-refractivity contribution in [3.63, 3.8) is 0 Å². The molecule has 0 aromatic carbocycles. The first-order valence-electron chi connectivity index (χ1n) is 39.2. The van der Waals surface area contributed by atoms with Crippen molar-refractivity contribution in [1.29, 1.82) is 0 Å². The number of phosphoric acid groups is 2. The maximum Gasteiger partial charge on any atom is 0.472 e. The first kappa shape index (κ1) is 95.2. The lowest BCUT2D eigenvalue weighted by atomic mass is 10.0. The van der Waals surface area contributed by atoms with E-state index in [-0.39, 0.29) is 19.3 Å². The summed E-state index contributed by atoms with van der Waals surface area (Å²) in [6.45, 7) is 2.54. The zero-order valence-electron chi connectivity index (χ0n) is 62.4. The molecule has 572 valence electrons. The Kier molecular flexibility index (Phi) is 71.1. The second-order valence-electron chi connectivity index (χ2n) is 26.1. The third-order valence-electron chi connectivity index (χ3n) is 16.5. The van der Waals surface area contributed by atoms with Crippen LogP contribution in [0.2, 0.25) is 0 Å². The van der Waals surface area contributed by atoms with Gasteiger partial charge in [-0.15, -0.1) is 0 Å². The smallest absolute Gasteiger partial charge is 0.463 e. The van der Waals surface area contributed by atoms with Crippen molar-refractivity contribution < 1.29 is 75.8 Å². The van der Waals surface area contributed by atoms with Crippen molar-refractivity contribution in [2.24, 2.45) is 0 Å². The van der Waals surface area contributed by atoms with Crippen LogP contribution in [-0.4, -0.2) is 95.9 Å². The Hall–Kier alpha value is -3.79. The third kappa shape index (κ3) is 75.2. The van der Waals surface area contributed by atoms with Crippen LogP contribution in [0, 0.1) is 0 Å². The summed E-state index contributed by atoms with van der Waals surface area (Å²) in [5.74, 6) is -1.58. The van der Waals surface area contributed by atoms with Gasteiger partial charge >= 0.3 is 33.6 Å². The first-order chi connectivity index (χ1) is 48.2. The summed E-state index contributed by atoms with van der Waals surface area (Å²) >= 11 is 0. The van der Waals surface area contributed by atoms with Gasteiger partial charge in [-0.3, -0.25) is 32.5 Å². The molecule has 0 aromatic heterocycles. The lowest BCUT2D eigenvalue weighted by Gasteiger charge is -2.21. The van der Waals surface area contributed by atoms with Crippen LogP contribution >= 0.6 is 15.6 Å². The zero-order chi connectivity index (χ0) is 72.3. The van der Waals surface area contributed by atoms with Crippen LogP contribution in [0.25, 0.3) is 0 Å². The lowest BCUT2D eigenvalue weighted by Crippen LogP contribution is -2.30.